The smallest absolute Gasteiger partial charge is 0.411 e. The van der Waals surface area contributed by atoms with Gasteiger partial charge in [-0.25, -0.2) is 9.98 Å². The van der Waals surface area contributed by atoms with Crippen molar-refractivity contribution in [3.63, 3.8) is 0 Å². The van der Waals surface area contributed by atoms with Crippen LogP contribution in [0.2, 0.25) is 0 Å². The molecule has 0 radical (unpaired) electrons. The molecule has 0 aliphatic rings. The fourth-order valence-corrected chi connectivity index (χ4v) is 1.23. The van der Waals surface area contributed by atoms with E-state index in [-0.39, 0.29) is 5.82 Å². The van der Waals surface area contributed by atoms with E-state index < -0.39 is 17.6 Å². The van der Waals surface area contributed by atoms with Crippen molar-refractivity contribution in [2.45, 2.75) is 6.18 Å². The van der Waals surface area contributed by atoms with Gasteiger partial charge >= 0.3 is 6.18 Å². The van der Waals surface area contributed by atoms with Crippen LogP contribution in [0.5, 0.6) is 0 Å². The molecule has 0 amide bonds. The van der Waals surface area contributed by atoms with E-state index in [9.17, 15) is 13.2 Å². The normalized spacial score (nSPS) is 14.1. The van der Waals surface area contributed by atoms with Crippen LogP contribution in [0.1, 0.15) is 0 Å². The second-order valence-electron chi connectivity index (χ2n) is 3.22. The summed E-state index contributed by atoms with van der Waals surface area (Å²) in [4.78, 5) is 7.05. The Morgan fingerprint density at radius 1 is 1.42 bits per heavy atom. The maximum Gasteiger partial charge on any atom is 0.433 e. The van der Waals surface area contributed by atoms with Crippen LogP contribution in [0.25, 0.3) is 0 Å². The van der Waals surface area contributed by atoms with Gasteiger partial charge < -0.3 is 10.9 Å². The van der Waals surface area contributed by atoms with Gasteiger partial charge in [0, 0.05) is 10.7 Å². The monoisotopic (exact) mass is 336 g/mol. The summed E-state index contributed by atoms with van der Waals surface area (Å²) >= 11 is 3.10. The molecule has 0 spiro atoms. The van der Waals surface area contributed by atoms with Crippen LogP contribution in [-0.2, 0) is 0 Å². The number of pyridine rings is 1. The van der Waals surface area contributed by atoms with E-state index in [1.54, 1.807) is 0 Å². The van der Waals surface area contributed by atoms with E-state index >= 15 is 0 Å². The van der Waals surface area contributed by atoms with Gasteiger partial charge in [0.2, 0.25) is 0 Å². The molecule has 0 unspecified atom stereocenters. The topological polar surface area (TPSA) is 83.9 Å². The minimum atomic E-state index is -4.71. The summed E-state index contributed by atoms with van der Waals surface area (Å²) in [6.07, 6.45) is -2.18. The van der Waals surface area contributed by atoms with Crippen molar-refractivity contribution >= 4 is 33.7 Å². The van der Waals surface area contributed by atoms with Gasteiger partial charge in [0.1, 0.15) is 5.71 Å². The second-order valence-corrected chi connectivity index (χ2v) is 4.13. The molecule has 1 aromatic heterocycles. The number of alkyl halides is 3. The quantitative estimate of drug-likeness (QED) is 0.505. The summed E-state index contributed by atoms with van der Waals surface area (Å²) in [6, 6.07) is 2.81. The number of aromatic nitrogens is 1. The van der Waals surface area contributed by atoms with Crippen LogP contribution in [0.4, 0.5) is 19.0 Å². The standard InChI is InChI=1S/C10H8BrF3N4O/c11-6-1-2-9(16-4-6)18-8(10(12,13)14)3-7(15)5-17-19/h1-5,19H,15H2/b7-3-,17-5+,18-8?. The SMILES string of the molecule is NC(=C\C(=Nc1ccc(Br)cn1)C(F)(F)F)/C=N/O. The number of allylic oxidation sites excluding steroid dienone is 2. The third-order valence-electron chi connectivity index (χ3n) is 1.75. The zero-order valence-corrected chi connectivity index (χ0v) is 10.9. The molecule has 0 fully saturated rings. The third kappa shape index (κ3) is 5.08. The van der Waals surface area contributed by atoms with E-state index in [4.69, 9.17) is 10.9 Å². The first kappa shape index (κ1) is 15.2. The summed E-state index contributed by atoms with van der Waals surface area (Å²) in [6.45, 7) is 0. The van der Waals surface area contributed by atoms with Crippen LogP contribution >= 0.6 is 15.9 Å². The van der Waals surface area contributed by atoms with Gasteiger partial charge in [-0.1, -0.05) is 5.16 Å². The molecule has 1 aromatic rings. The molecule has 19 heavy (non-hydrogen) atoms. The lowest BCUT2D eigenvalue weighted by Crippen LogP contribution is -2.22. The Hall–Kier alpha value is -1.90. The Kier molecular flexibility index (Phi) is 5.04. The van der Waals surface area contributed by atoms with E-state index in [1.807, 2.05) is 0 Å². The lowest BCUT2D eigenvalue weighted by atomic mass is 10.3. The Bertz CT molecular complexity index is 523. The number of rotatable bonds is 3. The van der Waals surface area contributed by atoms with Crippen molar-refractivity contribution in [2.75, 3.05) is 0 Å². The maximum absolute atomic E-state index is 12.7. The summed E-state index contributed by atoms with van der Waals surface area (Å²) < 4.78 is 38.7. The van der Waals surface area contributed by atoms with Crippen LogP contribution < -0.4 is 5.73 Å². The zero-order chi connectivity index (χ0) is 14.5. The largest absolute Gasteiger partial charge is 0.433 e. The van der Waals surface area contributed by atoms with Gasteiger partial charge in [-0.3, -0.25) is 0 Å². The van der Waals surface area contributed by atoms with Crippen molar-refractivity contribution in [3.05, 3.63) is 34.6 Å². The van der Waals surface area contributed by atoms with Gasteiger partial charge in [0.25, 0.3) is 0 Å². The highest BCUT2D eigenvalue weighted by molar-refractivity contribution is 9.10. The lowest BCUT2D eigenvalue weighted by Gasteiger charge is -2.06. The molecular weight excluding hydrogens is 329 g/mol. The third-order valence-corrected chi connectivity index (χ3v) is 2.22. The van der Waals surface area contributed by atoms with E-state index in [0.717, 1.165) is 0 Å². The predicted octanol–water partition coefficient (Wildman–Crippen LogP) is 2.78. The zero-order valence-electron chi connectivity index (χ0n) is 9.26. The molecule has 0 saturated heterocycles. The molecule has 0 aliphatic carbocycles. The molecule has 0 bridgehead atoms. The number of nitrogens with zero attached hydrogens (tertiary/aromatic N) is 3. The number of hydrogen-bond acceptors (Lipinski definition) is 5. The summed E-state index contributed by atoms with van der Waals surface area (Å²) in [5, 5.41) is 10.7. The Morgan fingerprint density at radius 2 is 2.11 bits per heavy atom. The molecule has 0 aliphatic heterocycles. The summed E-state index contributed by atoms with van der Waals surface area (Å²) in [5.41, 5.74) is 3.56. The number of hydrogen-bond donors (Lipinski definition) is 2. The highest BCUT2D eigenvalue weighted by atomic mass is 79.9. The summed E-state index contributed by atoms with van der Waals surface area (Å²) in [5.74, 6) is -0.125. The molecule has 3 N–H and O–H groups in total. The van der Waals surface area contributed by atoms with Gasteiger partial charge in [0.15, 0.2) is 5.82 Å². The average Bonchev–Trinajstić information content (AvgIpc) is 2.30. The van der Waals surface area contributed by atoms with Crippen molar-refractivity contribution in [1.29, 1.82) is 0 Å². The van der Waals surface area contributed by atoms with E-state index in [2.05, 4.69) is 31.1 Å². The van der Waals surface area contributed by atoms with Gasteiger partial charge in [-0.05, 0) is 34.1 Å². The molecular formula is C10H8BrF3N4O. The highest BCUT2D eigenvalue weighted by Gasteiger charge is 2.34. The number of nitrogens with two attached hydrogens (primary N) is 1. The number of halogens is 4. The molecule has 9 heteroatoms. The van der Waals surface area contributed by atoms with Crippen LogP contribution in [0.15, 0.2) is 44.7 Å². The highest BCUT2D eigenvalue weighted by Crippen LogP contribution is 2.22. The lowest BCUT2D eigenvalue weighted by molar-refractivity contribution is -0.0576. The molecule has 0 aromatic carbocycles. The van der Waals surface area contributed by atoms with Crippen LogP contribution in [-0.4, -0.2) is 28.3 Å². The second kappa shape index (κ2) is 6.32. The van der Waals surface area contributed by atoms with E-state index in [0.29, 0.717) is 16.8 Å². The van der Waals surface area contributed by atoms with E-state index in [1.165, 1.54) is 18.3 Å². The first-order chi connectivity index (χ1) is 8.82. The van der Waals surface area contributed by atoms with Gasteiger partial charge in [-0.2, -0.15) is 13.2 Å². The maximum atomic E-state index is 12.7. The Balaban J connectivity index is 3.18. The average molecular weight is 337 g/mol. The minimum Gasteiger partial charge on any atom is -0.411 e. The Labute approximate surface area is 114 Å². The number of aliphatic imine (C=N–C) groups is 1. The molecule has 1 heterocycles. The first-order valence-corrected chi connectivity index (χ1v) is 5.54. The van der Waals surface area contributed by atoms with Crippen molar-refractivity contribution in [3.8, 4) is 0 Å². The van der Waals surface area contributed by atoms with Crippen LogP contribution in [0, 0.1) is 0 Å². The Morgan fingerprint density at radius 3 is 2.58 bits per heavy atom. The van der Waals surface area contributed by atoms with Gasteiger partial charge in [0.05, 0.1) is 11.9 Å². The predicted molar refractivity (Wildman–Crippen MR) is 67.6 cm³/mol. The molecule has 1 rings (SSSR count). The van der Waals surface area contributed by atoms with Crippen molar-refractivity contribution < 1.29 is 18.4 Å². The van der Waals surface area contributed by atoms with Crippen molar-refractivity contribution in [2.24, 2.45) is 15.9 Å². The molecule has 102 valence electrons. The molecule has 0 atom stereocenters. The summed E-state index contributed by atoms with van der Waals surface area (Å²) in [7, 11) is 0. The first-order valence-electron chi connectivity index (χ1n) is 4.75. The molecule has 5 nitrogen and oxygen atoms in total. The molecule has 0 saturated carbocycles. The van der Waals surface area contributed by atoms with Gasteiger partial charge in [-0.15, -0.1) is 0 Å². The fraction of sp³-hybridized carbons (Fsp3) is 0.100. The van der Waals surface area contributed by atoms with Crippen LogP contribution in [0.3, 0.4) is 0 Å². The fourth-order valence-electron chi connectivity index (χ4n) is 0.997. The number of oxime groups is 1. The van der Waals surface area contributed by atoms with Crippen molar-refractivity contribution in [1.82, 2.24) is 4.98 Å². The minimum absolute atomic E-state index is 0.125.